The summed E-state index contributed by atoms with van der Waals surface area (Å²) in [5.41, 5.74) is 4.83. The van der Waals surface area contributed by atoms with E-state index < -0.39 is 17.8 Å². The van der Waals surface area contributed by atoms with Gasteiger partial charge in [0.15, 0.2) is 11.5 Å². The third kappa shape index (κ3) is 3.45. The zero-order chi connectivity index (χ0) is 23.3. The van der Waals surface area contributed by atoms with Crippen molar-refractivity contribution in [2.45, 2.75) is 20.8 Å². The van der Waals surface area contributed by atoms with Gasteiger partial charge in [-0.2, -0.15) is 0 Å². The van der Waals surface area contributed by atoms with Crippen LogP contribution in [-0.2, 0) is 9.59 Å². The number of nitrogens with zero attached hydrogens (tertiary/aromatic N) is 2. The molecule has 5 rings (SSSR count). The molecule has 1 saturated heterocycles. The average Bonchev–Trinajstić information content (AvgIpc) is 3.35. The maximum absolute atomic E-state index is 13.3. The van der Waals surface area contributed by atoms with Crippen molar-refractivity contribution < 1.29 is 23.9 Å². The lowest BCUT2D eigenvalue weighted by molar-refractivity contribution is -0.122. The SMILES string of the molecule is Cc1ccc(-n2c(C)cc(/C=C3\C(=O)NC(=O)N(c4ccc5c(c4)OCO5)C3=O)c2C)cc1. The van der Waals surface area contributed by atoms with Gasteiger partial charge in [0, 0.05) is 23.1 Å². The van der Waals surface area contributed by atoms with Crippen LogP contribution in [0.25, 0.3) is 11.8 Å². The lowest BCUT2D eigenvalue weighted by Crippen LogP contribution is -2.54. The summed E-state index contributed by atoms with van der Waals surface area (Å²) in [6, 6.07) is 13.9. The first kappa shape index (κ1) is 20.6. The molecule has 0 atom stereocenters. The fourth-order valence-electron chi connectivity index (χ4n) is 4.10. The zero-order valence-corrected chi connectivity index (χ0v) is 18.3. The van der Waals surface area contributed by atoms with Gasteiger partial charge in [-0.05, 0) is 62.7 Å². The number of amides is 4. The van der Waals surface area contributed by atoms with Crippen LogP contribution in [0.3, 0.4) is 0 Å². The molecule has 33 heavy (non-hydrogen) atoms. The summed E-state index contributed by atoms with van der Waals surface area (Å²) in [5.74, 6) is -0.485. The van der Waals surface area contributed by atoms with Crippen LogP contribution in [0.2, 0.25) is 0 Å². The fraction of sp³-hybridized carbons (Fsp3) is 0.160. The summed E-state index contributed by atoms with van der Waals surface area (Å²) in [6.45, 7) is 5.97. The minimum absolute atomic E-state index is 0.0686. The van der Waals surface area contributed by atoms with E-state index in [0.29, 0.717) is 17.1 Å². The van der Waals surface area contributed by atoms with Crippen molar-refractivity contribution in [1.82, 2.24) is 9.88 Å². The molecule has 1 N–H and O–H groups in total. The van der Waals surface area contributed by atoms with Crippen LogP contribution in [0.5, 0.6) is 11.5 Å². The van der Waals surface area contributed by atoms with Crippen LogP contribution in [0, 0.1) is 20.8 Å². The molecular formula is C25H21N3O5. The highest BCUT2D eigenvalue weighted by Gasteiger charge is 2.37. The van der Waals surface area contributed by atoms with E-state index in [1.54, 1.807) is 12.1 Å². The number of aromatic nitrogens is 1. The second-order valence-corrected chi connectivity index (χ2v) is 7.99. The van der Waals surface area contributed by atoms with Gasteiger partial charge in [-0.25, -0.2) is 9.69 Å². The summed E-state index contributed by atoms with van der Waals surface area (Å²) in [6.07, 6.45) is 1.52. The monoisotopic (exact) mass is 443 g/mol. The molecule has 1 aromatic heterocycles. The normalized spacial score (nSPS) is 16.5. The van der Waals surface area contributed by atoms with E-state index in [0.717, 1.165) is 27.5 Å². The Kier molecular flexibility index (Phi) is 4.78. The summed E-state index contributed by atoms with van der Waals surface area (Å²) < 4.78 is 12.7. The molecule has 0 spiro atoms. The highest BCUT2D eigenvalue weighted by atomic mass is 16.7. The van der Waals surface area contributed by atoms with E-state index in [-0.39, 0.29) is 18.1 Å². The Morgan fingerprint density at radius 3 is 2.33 bits per heavy atom. The first-order chi connectivity index (χ1) is 15.8. The Hall–Kier alpha value is -4.33. The molecule has 166 valence electrons. The minimum Gasteiger partial charge on any atom is -0.454 e. The Labute approximate surface area is 190 Å². The van der Waals surface area contributed by atoms with E-state index in [1.165, 1.54) is 12.1 Å². The van der Waals surface area contributed by atoms with Crippen LogP contribution in [0.1, 0.15) is 22.5 Å². The van der Waals surface area contributed by atoms with E-state index >= 15 is 0 Å². The second-order valence-electron chi connectivity index (χ2n) is 7.99. The largest absolute Gasteiger partial charge is 0.454 e. The highest BCUT2D eigenvalue weighted by Crippen LogP contribution is 2.36. The molecule has 0 unspecified atom stereocenters. The molecule has 0 aliphatic carbocycles. The molecule has 0 saturated carbocycles. The number of barbiturate groups is 1. The van der Waals surface area contributed by atoms with Gasteiger partial charge in [0.05, 0.1) is 5.69 Å². The molecule has 3 aromatic rings. The Morgan fingerprint density at radius 1 is 0.879 bits per heavy atom. The number of rotatable bonds is 3. The number of carbonyl (C=O) groups excluding carboxylic acids is 3. The van der Waals surface area contributed by atoms with Gasteiger partial charge < -0.3 is 14.0 Å². The predicted octanol–water partition coefficient (Wildman–Crippen LogP) is 3.80. The summed E-state index contributed by atoms with van der Waals surface area (Å²) in [4.78, 5) is 39.3. The maximum Gasteiger partial charge on any atom is 0.335 e. The molecular weight excluding hydrogens is 422 g/mol. The number of ether oxygens (including phenoxy) is 2. The number of benzene rings is 2. The maximum atomic E-state index is 13.3. The minimum atomic E-state index is -0.814. The van der Waals surface area contributed by atoms with Gasteiger partial charge in [0.2, 0.25) is 6.79 Å². The number of fused-ring (bicyclic) bond motifs is 1. The zero-order valence-electron chi connectivity index (χ0n) is 18.3. The van der Waals surface area contributed by atoms with Gasteiger partial charge in [-0.15, -0.1) is 0 Å². The summed E-state index contributed by atoms with van der Waals surface area (Å²) >= 11 is 0. The number of aryl methyl sites for hydroxylation is 2. The van der Waals surface area contributed by atoms with Crippen molar-refractivity contribution in [1.29, 1.82) is 0 Å². The predicted molar refractivity (Wildman–Crippen MR) is 122 cm³/mol. The molecule has 8 heteroatoms. The van der Waals surface area contributed by atoms with Crippen LogP contribution >= 0.6 is 0 Å². The Bertz CT molecular complexity index is 1350. The van der Waals surface area contributed by atoms with E-state index in [1.807, 2.05) is 51.1 Å². The van der Waals surface area contributed by atoms with Crippen molar-refractivity contribution in [2.24, 2.45) is 0 Å². The van der Waals surface area contributed by atoms with Crippen molar-refractivity contribution in [3.63, 3.8) is 0 Å². The standard InChI is InChI=1S/C25H21N3O5/c1-14-4-6-18(7-5-14)27-15(2)10-17(16(27)3)11-20-23(29)26-25(31)28(24(20)30)19-8-9-21-22(12-19)33-13-32-21/h4-12H,13H2,1-3H3,(H,26,29,31)/b20-11+. The second kappa shape index (κ2) is 7.67. The molecule has 2 aliphatic heterocycles. The summed E-state index contributed by atoms with van der Waals surface area (Å²) in [7, 11) is 0. The average molecular weight is 443 g/mol. The lowest BCUT2D eigenvalue weighted by Gasteiger charge is -2.26. The molecule has 4 amide bonds. The van der Waals surface area contributed by atoms with Gasteiger partial charge in [-0.3, -0.25) is 14.9 Å². The molecule has 0 radical (unpaired) electrons. The smallest absolute Gasteiger partial charge is 0.335 e. The summed E-state index contributed by atoms with van der Waals surface area (Å²) in [5, 5.41) is 2.26. The molecule has 1 fully saturated rings. The highest BCUT2D eigenvalue weighted by molar-refractivity contribution is 6.39. The van der Waals surface area contributed by atoms with Gasteiger partial charge >= 0.3 is 6.03 Å². The number of hydrogen-bond donors (Lipinski definition) is 1. The van der Waals surface area contributed by atoms with Crippen molar-refractivity contribution in [2.75, 3.05) is 11.7 Å². The fourth-order valence-corrected chi connectivity index (χ4v) is 4.10. The number of anilines is 1. The van der Waals surface area contributed by atoms with Crippen LogP contribution in [0.15, 0.2) is 54.1 Å². The van der Waals surface area contributed by atoms with E-state index in [9.17, 15) is 14.4 Å². The van der Waals surface area contributed by atoms with E-state index in [2.05, 4.69) is 9.88 Å². The quantitative estimate of drug-likeness (QED) is 0.491. The molecule has 2 aromatic carbocycles. The first-order valence-corrected chi connectivity index (χ1v) is 10.4. The number of urea groups is 1. The molecule has 2 aliphatic rings. The van der Waals surface area contributed by atoms with Crippen LogP contribution < -0.4 is 19.7 Å². The van der Waals surface area contributed by atoms with Crippen LogP contribution in [-0.4, -0.2) is 29.2 Å². The molecule has 3 heterocycles. The van der Waals surface area contributed by atoms with Crippen LogP contribution in [0.4, 0.5) is 10.5 Å². The molecule has 0 bridgehead atoms. The van der Waals surface area contributed by atoms with Gasteiger partial charge in [0.1, 0.15) is 5.57 Å². The van der Waals surface area contributed by atoms with Crippen molar-refractivity contribution in [3.8, 4) is 17.2 Å². The number of imide groups is 2. The molecule has 8 nitrogen and oxygen atoms in total. The number of hydrogen-bond acceptors (Lipinski definition) is 5. The Morgan fingerprint density at radius 2 is 1.58 bits per heavy atom. The van der Waals surface area contributed by atoms with Gasteiger partial charge in [-0.1, -0.05) is 17.7 Å². The lowest BCUT2D eigenvalue weighted by atomic mass is 10.1. The van der Waals surface area contributed by atoms with Crippen molar-refractivity contribution in [3.05, 3.63) is 76.6 Å². The third-order valence-electron chi connectivity index (χ3n) is 5.78. The number of carbonyl (C=O) groups is 3. The number of nitrogens with one attached hydrogen (secondary N) is 1. The van der Waals surface area contributed by atoms with Crippen molar-refractivity contribution >= 4 is 29.6 Å². The van der Waals surface area contributed by atoms with Gasteiger partial charge in [0.25, 0.3) is 11.8 Å². The Balaban J connectivity index is 1.53. The first-order valence-electron chi connectivity index (χ1n) is 10.4. The third-order valence-corrected chi connectivity index (χ3v) is 5.78. The topological polar surface area (TPSA) is 89.9 Å². The van der Waals surface area contributed by atoms with E-state index in [4.69, 9.17) is 9.47 Å².